The summed E-state index contributed by atoms with van der Waals surface area (Å²) in [7, 11) is 0. The van der Waals surface area contributed by atoms with Crippen LogP contribution in [0.5, 0.6) is 0 Å². The Morgan fingerprint density at radius 3 is 2.56 bits per heavy atom. The second kappa shape index (κ2) is 3.69. The lowest BCUT2D eigenvalue weighted by Crippen LogP contribution is -2.07. The lowest BCUT2D eigenvalue weighted by molar-refractivity contribution is -0.137. The van der Waals surface area contributed by atoms with E-state index in [1.807, 2.05) is 0 Å². The number of rotatable bonds is 3. The van der Waals surface area contributed by atoms with Crippen molar-refractivity contribution in [1.82, 2.24) is 4.57 Å². The zero-order chi connectivity index (χ0) is 11.7. The predicted octanol–water partition coefficient (Wildman–Crippen LogP) is 1.42. The van der Waals surface area contributed by atoms with Gasteiger partial charge in [0, 0.05) is 11.7 Å². The fourth-order valence-corrected chi connectivity index (χ4v) is 1.60. The molecule has 5 heteroatoms. The summed E-state index contributed by atoms with van der Waals surface area (Å²) in [6, 6.07) is 6.39. The summed E-state index contributed by atoms with van der Waals surface area (Å²) in [4.78, 5) is 21.4. The van der Waals surface area contributed by atoms with Gasteiger partial charge < -0.3 is 14.8 Å². The van der Waals surface area contributed by atoms with E-state index < -0.39 is 11.9 Å². The molecule has 0 spiro atoms. The molecule has 0 unspecified atom stereocenters. The molecule has 1 aromatic heterocycles. The molecule has 0 amide bonds. The highest BCUT2D eigenvalue weighted by atomic mass is 16.4. The third kappa shape index (κ3) is 1.75. The van der Waals surface area contributed by atoms with Crippen molar-refractivity contribution in [2.75, 3.05) is 0 Å². The van der Waals surface area contributed by atoms with Gasteiger partial charge in [0.05, 0.1) is 5.56 Å². The summed E-state index contributed by atoms with van der Waals surface area (Å²) in [5, 5.41) is 18.3. The summed E-state index contributed by atoms with van der Waals surface area (Å²) in [5.41, 5.74) is 0.764. The maximum Gasteiger partial charge on any atom is 0.335 e. The molecule has 1 aromatic carbocycles. The smallest absolute Gasteiger partial charge is 0.335 e. The van der Waals surface area contributed by atoms with Gasteiger partial charge in [-0.25, -0.2) is 4.79 Å². The number of hydrogen-bond acceptors (Lipinski definition) is 2. The van der Waals surface area contributed by atoms with Gasteiger partial charge in [-0.1, -0.05) is 6.07 Å². The van der Waals surface area contributed by atoms with E-state index in [4.69, 9.17) is 10.2 Å². The zero-order valence-corrected chi connectivity index (χ0v) is 8.25. The average Bonchev–Trinajstić information content (AvgIpc) is 2.60. The summed E-state index contributed by atoms with van der Waals surface area (Å²) in [5.74, 6) is -1.98. The minimum atomic E-state index is -1.02. The highest BCUT2D eigenvalue weighted by Gasteiger charge is 2.08. The first-order valence-electron chi connectivity index (χ1n) is 4.62. The van der Waals surface area contributed by atoms with Crippen LogP contribution in [0.3, 0.4) is 0 Å². The van der Waals surface area contributed by atoms with Gasteiger partial charge in [0.1, 0.15) is 6.54 Å². The van der Waals surface area contributed by atoms with Crippen molar-refractivity contribution in [3.8, 4) is 0 Å². The Kier molecular flexibility index (Phi) is 2.36. The van der Waals surface area contributed by atoms with E-state index in [1.165, 1.54) is 16.7 Å². The van der Waals surface area contributed by atoms with Gasteiger partial charge in [0.2, 0.25) is 0 Å². The van der Waals surface area contributed by atoms with Crippen LogP contribution in [0.4, 0.5) is 0 Å². The Hall–Kier alpha value is -2.30. The van der Waals surface area contributed by atoms with E-state index in [9.17, 15) is 9.59 Å². The summed E-state index contributed by atoms with van der Waals surface area (Å²) in [6.45, 7) is -0.174. The Morgan fingerprint density at radius 2 is 1.94 bits per heavy atom. The highest BCUT2D eigenvalue weighted by Crippen LogP contribution is 2.17. The highest BCUT2D eigenvalue weighted by molar-refractivity contribution is 5.93. The SMILES string of the molecule is O=C(O)Cn1ccc2ccc(C(=O)O)cc21. The molecule has 0 aliphatic heterocycles. The predicted molar refractivity (Wildman–Crippen MR) is 56.5 cm³/mol. The van der Waals surface area contributed by atoms with Crippen LogP contribution in [0.15, 0.2) is 30.5 Å². The first-order valence-corrected chi connectivity index (χ1v) is 4.62. The van der Waals surface area contributed by atoms with Crippen molar-refractivity contribution >= 4 is 22.8 Å². The first-order chi connectivity index (χ1) is 7.58. The van der Waals surface area contributed by atoms with Crippen LogP contribution in [0.1, 0.15) is 10.4 Å². The Morgan fingerprint density at radius 1 is 1.19 bits per heavy atom. The van der Waals surface area contributed by atoms with Crippen LogP contribution >= 0.6 is 0 Å². The third-order valence-electron chi connectivity index (χ3n) is 2.33. The molecule has 0 saturated heterocycles. The number of hydrogen-bond donors (Lipinski definition) is 2. The normalized spacial score (nSPS) is 10.5. The van der Waals surface area contributed by atoms with Crippen LogP contribution in [0, 0.1) is 0 Å². The molecule has 0 fully saturated rings. The van der Waals surface area contributed by atoms with Crippen molar-refractivity contribution in [3.05, 3.63) is 36.0 Å². The number of aliphatic carboxylic acids is 1. The molecule has 0 atom stereocenters. The maximum absolute atomic E-state index is 10.8. The Labute approximate surface area is 90.5 Å². The van der Waals surface area contributed by atoms with Gasteiger partial charge in [-0.15, -0.1) is 0 Å². The van der Waals surface area contributed by atoms with Crippen molar-refractivity contribution < 1.29 is 19.8 Å². The fourth-order valence-electron chi connectivity index (χ4n) is 1.60. The number of fused-ring (bicyclic) bond motifs is 1. The average molecular weight is 219 g/mol. The van der Waals surface area contributed by atoms with Gasteiger partial charge in [0.15, 0.2) is 0 Å². The molecule has 2 aromatic rings. The van der Waals surface area contributed by atoms with Crippen LogP contribution in [-0.2, 0) is 11.3 Å². The largest absolute Gasteiger partial charge is 0.480 e. The molecule has 2 rings (SSSR count). The molecular weight excluding hydrogens is 210 g/mol. The Balaban J connectivity index is 2.55. The molecule has 0 radical (unpaired) electrons. The Bertz CT molecular complexity index is 570. The lowest BCUT2D eigenvalue weighted by atomic mass is 10.2. The van der Waals surface area contributed by atoms with Gasteiger partial charge in [0.25, 0.3) is 0 Å². The number of carbonyl (C=O) groups is 2. The van der Waals surface area contributed by atoms with E-state index in [1.54, 1.807) is 18.3 Å². The summed E-state index contributed by atoms with van der Waals surface area (Å²) < 4.78 is 1.50. The van der Waals surface area contributed by atoms with Crippen LogP contribution in [0.25, 0.3) is 10.9 Å². The second-order valence-electron chi connectivity index (χ2n) is 3.42. The van der Waals surface area contributed by atoms with Gasteiger partial charge in [-0.2, -0.15) is 0 Å². The van der Waals surface area contributed by atoms with E-state index in [-0.39, 0.29) is 12.1 Å². The minimum Gasteiger partial charge on any atom is -0.480 e. The standard InChI is InChI=1S/C11H9NO4/c13-10(14)6-12-4-3-7-1-2-8(11(15)16)5-9(7)12/h1-5H,6H2,(H,13,14)(H,15,16). The fraction of sp³-hybridized carbons (Fsp3) is 0.0909. The molecular formula is C11H9NO4. The minimum absolute atomic E-state index is 0.151. The molecule has 5 nitrogen and oxygen atoms in total. The van der Waals surface area contributed by atoms with E-state index in [0.717, 1.165) is 5.39 Å². The van der Waals surface area contributed by atoms with E-state index in [2.05, 4.69) is 0 Å². The number of aromatic nitrogens is 1. The number of aromatic carboxylic acids is 1. The third-order valence-corrected chi connectivity index (χ3v) is 2.33. The monoisotopic (exact) mass is 219 g/mol. The quantitative estimate of drug-likeness (QED) is 0.818. The molecule has 0 aliphatic carbocycles. The second-order valence-corrected chi connectivity index (χ2v) is 3.42. The first kappa shape index (κ1) is 10.2. The van der Waals surface area contributed by atoms with Crippen molar-refractivity contribution in [2.24, 2.45) is 0 Å². The molecule has 82 valence electrons. The maximum atomic E-state index is 10.8. The van der Waals surface area contributed by atoms with Crippen LogP contribution in [-0.4, -0.2) is 26.7 Å². The molecule has 0 bridgehead atoms. The number of carboxylic acid groups (broad SMARTS) is 2. The number of nitrogens with zero attached hydrogens (tertiary/aromatic N) is 1. The summed E-state index contributed by atoms with van der Waals surface area (Å²) >= 11 is 0. The lowest BCUT2D eigenvalue weighted by Gasteiger charge is -2.02. The zero-order valence-electron chi connectivity index (χ0n) is 8.25. The van der Waals surface area contributed by atoms with Crippen molar-refractivity contribution in [2.45, 2.75) is 6.54 Å². The molecule has 0 saturated carbocycles. The van der Waals surface area contributed by atoms with Crippen molar-refractivity contribution in [3.63, 3.8) is 0 Å². The van der Waals surface area contributed by atoms with Crippen LogP contribution < -0.4 is 0 Å². The number of benzene rings is 1. The molecule has 16 heavy (non-hydrogen) atoms. The topological polar surface area (TPSA) is 79.5 Å². The van der Waals surface area contributed by atoms with E-state index in [0.29, 0.717) is 5.52 Å². The van der Waals surface area contributed by atoms with Crippen molar-refractivity contribution in [1.29, 1.82) is 0 Å². The summed E-state index contributed by atoms with van der Waals surface area (Å²) in [6.07, 6.45) is 1.63. The van der Waals surface area contributed by atoms with Gasteiger partial charge in [-0.3, -0.25) is 4.79 Å². The van der Waals surface area contributed by atoms with Gasteiger partial charge >= 0.3 is 11.9 Å². The molecule has 1 heterocycles. The van der Waals surface area contributed by atoms with Gasteiger partial charge in [-0.05, 0) is 23.6 Å². The molecule has 2 N–H and O–H groups in total. The van der Waals surface area contributed by atoms with Crippen LogP contribution in [0.2, 0.25) is 0 Å². The van der Waals surface area contributed by atoms with E-state index >= 15 is 0 Å². The molecule has 0 aliphatic rings. The number of carboxylic acids is 2.